The van der Waals surface area contributed by atoms with Gasteiger partial charge in [-0.25, -0.2) is 0 Å². The maximum Gasteiger partial charge on any atom is 0.340 e. The summed E-state index contributed by atoms with van der Waals surface area (Å²) in [5, 5.41) is 0. The van der Waals surface area contributed by atoms with Gasteiger partial charge in [-0.3, -0.25) is 4.79 Å². The standard InChI is InChI=1S/C6H12NO2PS/c1-11-5-4-10(9)3-2-6(7)8/h2-5H2,1H3,(H-,7,8)/p+1. The van der Waals surface area contributed by atoms with Crippen molar-refractivity contribution in [1.82, 2.24) is 0 Å². The lowest BCUT2D eigenvalue weighted by Gasteiger charge is -1.86. The van der Waals surface area contributed by atoms with Crippen molar-refractivity contribution in [2.24, 2.45) is 5.73 Å². The Morgan fingerprint density at radius 3 is 2.64 bits per heavy atom. The lowest BCUT2D eigenvalue weighted by Crippen LogP contribution is -2.11. The Kier molecular flexibility index (Phi) is 6.57. The fraction of sp³-hybridized carbons (Fsp3) is 0.833. The molecule has 64 valence electrons. The predicted molar refractivity (Wildman–Crippen MR) is 49.5 cm³/mol. The number of primary amides is 1. The molecule has 0 saturated carbocycles. The van der Waals surface area contributed by atoms with Crippen LogP contribution in [0, 0.1) is 0 Å². The zero-order valence-electron chi connectivity index (χ0n) is 6.58. The first-order valence-corrected chi connectivity index (χ1v) is 6.38. The number of carbonyl (C=O) groups is 1. The molecule has 0 heterocycles. The molecule has 0 radical (unpaired) electrons. The van der Waals surface area contributed by atoms with Crippen molar-refractivity contribution < 1.29 is 9.36 Å². The van der Waals surface area contributed by atoms with Gasteiger partial charge < -0.3 is 5.73 Å². The topological polar surface area (TPSA) is 60.2 Å². The molecular weight excluding hydrogens is 181 g/mol. The SMILES string of the molecule is CSCC[P+](=O)CCC(N)=O. The van der Waals surface area contributed by atoms with E-state index in [0.717, 1.165) is 5.75 Å². The number of thioether (sulfide) groups is 1. The summed E-state index contributed by atoms with van der Waals surface area (Å²) in [7, 11) is -1.19. The maximum atomic E-state index is 11.0. The molecule has 0 aromatic rings. The molecule has 0 aromatic heterocycles. The van der Waals surface area contributed by atoms with Crippen LogP contribution in [0.1, 0.15) is 6.42 Å². The number of amides is 1. The van der Waals surface area contributed by atoms with E-state index in [9.17, 15) is 9.36 Å². The van der Waals surface area contributed by atoms with Crippen molar-refractivity contribution in [2.45, 2.75) is 6.42 Å². The summed E-state index contributed by atoms with van der Waals surface area (Å²) in [6.45, 7) is 0. The molecule has 1 unspecified atom stereocenters. The Hall–Kier alpha value is -0.0800. The fourth-order valence-electron chi connectivity index (χ4n) is 0.540. The third-order valence-electron chi connectivity index (χ3n) is 1.15. The Bertz CT molecular complexity index is 152. The number of hydrogen-bond donors (Lipinski definition) is 1. The maximum absolute atomic E-state index is 11.0. The van der Waals surface area contributed by atoms with E-state index >= 15 is 0 Å². The smallest absolute Gasteiger partial charge is 0.340 e. The van der Waals surface area contributed by atoms with Crippen molar-refractivity contribution in [3.05, 3.63) is 0 Å². The van der Waals surface area contributed by atoms with E-state index in [0.29, 0.717) is 12.3 Å². The van der Waals surface area contributed by atoms with Gasteiger partial charge in [0.1, 0.15) is 0 Å². The summed E-state index contributed by atoms with van der Waals surface area (Å²) in [6.07, 6.45) is 3.37. The van der Waals surface area contributed by atoms with Gasteiger partial charge in [-0.1, -0.05) is 4.57 Å². The molecule has 0 aliphatic rings. The van der Waals surface area contributed by atoms with Gasteiger partial charge in [-0.2, -0.15) is 11.8 Å². The molecule has 0 aromatic carbocycles. The minimum absolute atomic E-state index is 0.254. The lowest BCUT2D eigenvalue weighted by molar-refractivity contribution is -0.117. The summed E-state index contributed by atoms with van der Waals surface area (Å²) in [5.41, 5.74) is 4.90. The molecule has 5 heteroatoms. The van der Waals surface area contributed by atoms with Gasteiger partial charge in [0, 0.05) is 5.75 Å². The predicted octanol–water partition coefficient (Wildman–Crippen LogP) is 1.05. The van der Waals surface area contributed by atoms with E-state index in [2.05, 4.69) is 0 Å². The highest BCUT2D eigenvalue weighted by molar-refractivity contribution is 7.98. The average molecular weight is 194 g/mol. The van der Waals surface area contributed by atoms with Crippen LogP contribution in [0.3, 0.4) is 0 Å². The highest BCUT2D eigenvalue weighted by Gasteiger charge is 2.14. The Labute approximate surface area is 71.9 Å². The minimum Gasteiger partial charge on any atom is -0.370 e. The minimum atomic E-state index is -1.19. The second kappa shape index (κ2) is 6.62. The van der Waals surface area contributed by atoms with Gasteiger partial charge in [0.15, 0.2) is 12.3 Å². The van der Waals surface area contributed by atoms with Crippen LogP contribution in [-0.2, 0) is 9.36 Å². The first-order valence-electron chi connectivity index (χ1n) is 3.36. The van der Waals surface area contributed by atoms with E-state index in [1.54, 1.807) is 11.8 Å². The molecule has 0 bridgehead atoms. The molecule has 11 heavy (non-hydrogen) atoms. The molecule has 0 rings (SSSR count). The third kappa shape index (κ3) is 7.82. The highest BCUT2D eigenvalue weighted by Crippen LogP contribution is 2.21. The van der Waals surface area contributed by atoms with Crippen LogP contribution in [0.5, 0.6) is 0 Å². The first kappa shape index (κ1) is 10.9. The summed E-state index contributed by atoms with van der Waals surface area (Å²) >= 11 is 1.66. The van der Waals surface area contributed by atoms with Crippen molar-refractivity contribution in [2.75, 3.05) is 24.3 Å². The van der Waals surface area contributed by atoms with Crippen molar-refractivity contribution >= 4 is 25.5 Å². The number of hydrogen-bond acceptors (Lipinski definition) is 3. The van der Waals surface area contributed by atoms with Gasteiger partial charge in [0.25, 0.3) is 0 Å². The molecule has 0 aliphatic heterocycles. The van der Waals surface area contributed by atoms with E-state index in [-0.39, 0.29) is 12.3 Å². The monoisotopic (exact) mass is 194 g/mol. The van der Waals surface area contributed by atoms with E-state index in [1.807, 2.05) is 6.26 Å². The summed E-state index contributed by atoms with van der Waals surface area (Å²) < 4.78 is 11.0. The number of nitrogens with two attached hydrogens (primary N) is 1. The van der Waals surface area contributed by atoms with Crippen molar-refractivity contribution in [3.63, 3.8) is 0 Å². The Morgan fingerprint density at radius 1 is 1.55 bits per heavy atom. The second-order valence-corrected chi connectivity index (χ2v) is 4.98. The largest absolute Gasteiger partial charge is 0.370 e. The van der Waals surface area contributed by atoms with E-state index < -0.39 is 7.80 Å². The lowest BCUT2D eigenvalue weighted by atomic mass is 10.5. The van der Waals surface area contributed by atoms with Gasteiger partial charge in [0.2, 0.25) is 5.91 Å². The van der Waals surface area contributed by atoms with Crippen LogP contribution in [0.15, 0.2) is 0 Å². The van der Waals surface area contributed by atoms with Gasteiger partial charge >= 0.3 is 7.80 Å². The first-order chi connectivity index (χ1) is 5.16. The zero-order chi connectivity index (χ0) is 8.69. The third-order valence-corrected chi connectivity index (χ3v) is 3.51. The Morgan fingerprint density at radius 2 is 2.18 bits per heavy atom. The second-order valence-electron chi connectivity index (χ2n) is 2.14. The van der Waals surface area contributed by atoms with E-state index in [1.165, 1.54) is 0 Å². The van der Waals surface area contributed by atoms with Crippen LogP contribution in [0.25, 0.3) is 0 Å². The van der Waals surface area contributed by atoms with E-state index in [4.69, 9.17) is 5.73 Å². The molecule has 0 spiro atoms. The summed E-state index contributed by atoms with van der Waals surface area (Å²) in [5.74, 6) is 0.533. The van der Waals surface area contributed by atoms with Gasteiger partial charge in [-0.05, 0) is 6.26 Å². The molecule has 0 aliphatic carbocycles. The molecule has 3 nitrogen and oxygen atoms in total. The normalized spacial score (nSPS) is 11.2. The summed E-state index contributed by atoms with van der Waals surface area (Å²) in [4.78, 5) is 10.3. The molecule has 2 N–H and O–H groups in total. The average Bonchev–Trinajstić information content (AvgIpc) is 1.97. The van der Waals surface area contributed by atoms with Crippen LogP contribution >= 0.6 is 19.6 Å². The van der Waals surface area contributed by atoms with Crippen LogP contribution in [-0.4, -0.2) is 30.2 Å². The molecule has 1 amide bonds. The highest BCUT2D eigenvalue weighted by atomic mass is 32.2. The quantitative estimate of drug-likeness (QED) is 0.643. The molecule has 0 fully saturated rings. The fourth-order valence-corrected chi connectivity index (χ4v) is 2.78. The molecule has 0 saturated heterocycles. The Balaban J connectivity index is 3.30. The zero-order valence-corrected chi connectivity index (χ0v) is 8.29. The molecular formula is C6H13NO2PS+. The van der Waals surface area contributed by atoms with Crippen molar-refractivity contribution in [3.8, 4) is 0 Å². The number of carbonyl (C=O) groups excluding carboxylic acids is 1. The summed E-state index contributed by atoms with van der Waals surface area (Å²) in [6, 6.07) is 0. The van der Waals surface area contributed by atoms with Gasteiger partial charge in [0.05, 0.1) is 6.42 Å². The van der Waals surface area contributed by atoms with Crippen LogP contribution in [0.4, 0.5) is 0 Å². The number of rotatable bonds is 6. The molecule has 1 atom stereocenters. The van der Waals surface area contributed by atoms with Crippen LogP contribution in [0.2, 0.25) is 0 Å². The van der Waals surface area contributed by atoms with Gasteiger partial charge in [-0.15, -0.1) is 0 Å². The van der Waals surface area contributed by atoms with Crippen LogP contribution < -0.4 is 5.73 Å². The van der Waals surface area contributed by atoms with Crippen molar-refractivity contribution in [1.29, 1.82) is 0 Å².